The molecule has 48 heavy (non-hydrogen) atoms. The number of hydrogen-bond donors (Lipinski definition) is 0. The molecule has 7 aromatic carbocycles. The molecule has 0 unspecified atom stereocenters. The summed E-state index contributed by atoms with van der Waals surface area (Å²) < 4.78 is 6.24. The van der Waals surface area contributed by atoms with Crippen molar-refractivity contribution in [3.8, 4) is 22.3 Å². The summed E-state index contributed by atoms with van der Waals surface area (Å²) in [5.41, 5.74) is 16.0. The molecular formula is C46H35NO. The molecule has 0 fully saturated rings. The number of furan rings is 1. The molecule has 2 heteroatoms. The smallest absolute Gasteiger partial charge is 0.136 e. The van der Waals surface area contributed by atoms with Crippen LogP contribution >= 0.6 is 0 Å². The molecule has 1 aromatic heterocycles. The maximum absolute atomic E-state index is 6.24. The Morgan fingerprint density at radius 2 is 0.917 bits per heavy atom. The SMILES string of the molecule is CC1(C)c2ccccc2-c2ccc(N(c3ccc4c(c3)C(C)(C)c3ccccc3-4)c3ccc4cc5oc6ccccc6c5cc4c3)cc21. The molecule has 2 nitrogen and oxygen atoms in total. The van der Waals surface area contributed by atoms with E-state index in [9.17, 15) is 0 Å². The van der Waals surface area contributed by atoms with Crippen molar-refractivity contribution in [1.29, 1.82) is 0 Å². The van der Waals surface area contributed by atoms with Crippen LogP contribution in [0.25, 0.3) is 55.0 Å². The molecule has 0 saturated carbocycles. The molecule has 0 N–H and O–H groups in total. The first kappa shape index (κ1) is 27.5. The van der Waals surface area contributed by atoms with Crippen molar-refractivity contribution in [3.05, 3.63) is 162 Å². The van der Waals surface area contributed by atoms with Crippen molar-refractivity contribution in [3.63, 3.8) is 0 Å². The Labute approximate surface area is 280 Å². The van der Waals surface area contributed by atoms with Crippen LogP contribution in [0.1, 0.15) is 49.9 Å². The van der Waals surface area contributed by atoms with Crippen LogP contribution in [-0.2, 0) is 10.8 Å². The molecular weight excluding hydrogens is 583 g/mol. The van der Waals surface area contributed by atoms with Crippen LogP contribution in [0.3, 0.4) is 0 Å². The van der Waals surface area contributed by atoms with Gasteiger partial charge in [-0.1, -0.05) is 113 Å². The second-order valence-electron chi connectivity index (χ2n) is 14.6. The molecule has 0 aliphatic heterocycles. The predicted octanol–water partition coefficient (Wildman–Crippen LogP) is 12.8. The van der Waals surface area contributed by atoms with E-state index in [0.717, 1.165) is 39.0 Å². The molecule has 2 aliphatic carbocycles. The summed E-state index contributed by atoms with van der Waals surface area (Å²) in [6.07, 6.45) is 0. The third-order valence-corrected chi connectivity index (χ3v) is 11.2. The third-order valence-electron chi connectivity index (χ3n) is 11.2. The van der Waals surface area contributed by atoms with Gasteiger partial charge in [-0.3, -0.25) is 0 Å². The fraction of sp³-hybridized carbons (Fsp3) is 0.130. The largest absolute Gasteiger partial charge is 0.456 e. The van der Waals surface area contributed by atoms with Gasteiger partial charge in [-0.15, -0.1) is 0 Å². The highest BCUT2D eigenvalue weighted by Gasteiger charge is 2.37. The minimum Gasteiger partial charge on any atom is -0.456 e. The van der Waals surface area contributed by atoms with Crippen molar-refractivity contribution >= 4 is 49.8 Å². The summed E-state index contributed by atoms with van der Waals surface area (Å²) in [5.74, 6) is 0. The molecule has 0 bridgehead atoms. The van der Waals surface area contributed by atoms with E-state index in [0.29, 0.717) is 0 Å². The number of fused-ring (bicyclic) bond motifs is 10. The molecule has 2 aliphatic rings. The summed E-state index contributed by atoms with van der Waals surface area (Å²) in [4.78, 5) is 2.45. The quantitative estimate of drug-likeness (QED) is 0.196. The second-order valence-corrected chi connectivity index (χ2v) is 14.6. The zero-order valence-electron chi connectivity index (χ0n) is 27.6. The van der Waals surface area contributed by atoms with E-state index in [2.05, 4.69) is 166 Å². The molecule has 8 aromatic rings. The first-order valence-corrected chi connectivity index (χ1v) is 16.9. The standard InChI is InChI=1S/C46H35NO/c1-45(2)39-14-8-5-11-33(39)35-21-19-31(26-41(35)45)47(32-20-22-36-34-12-6-9-15-40(34)46(3,4)42(36)27-32)30-18-17-28-25-44-38(24-29(28)23-30)37-13-7-10-16-43(37)48-44/h5-27H,1-4H3. The van der Waals surface area contributed by atoms with Crippen LogP contribution in [0, 0.1) is 0 Å². The van der Waals surface area contributed by atoms with Crippen LogP contribution in [0.5, 0.6) is 0 Å². The maximum Gasteiger partial charge on any atom is 0.136 e. The highest BCUT2D eigenvalue weighted by atomic mass is 16.3. The molecule has 0 spiro atoms. The normalized spacial score (nSPS) is 15.0. The van der Waals surface area contributed by atoms with E-state index in [1.165, 1.54) is 55.3 Å². The summed E-state index contributed by atoms with van der Waals surface area (Å²) >= 11 is 0. The number of hydrogen-bond acceptors (Lipinski definition) is 2. The first-order valence-electron chi connectivity index (χ1n) is 16.9. The van der Waals surface area contributed by atoms with Gasteiger partial charge in [0, 0.05) is 38.7 Å². The Morgan fingerprint density at radius 3 is 1.56 bits per heavy atom. The number of benzene rings is 7. The lowest BCUT2D eigenvalue weighted by atomic mass is 9.82. The van der Waals surface area contributed by atoms with Crippen molar-refractivity contribution in [2.45, 2.75) is 38.5 Å². The van der Waals surface area contributed by atoms with Gasteiger partial charge in [-0.2, -0.15) is 0 Å². The van der Waals surface area contributed by atoms with E-state index in [1.54, 1.807) is 0 Å². The Bertz CT molecular complexity index is 2530. The average molecular weight is 618 g/mol. The minimum absolute atomic E-state index is 0.0908. The zero-order valence-corrected chi connectivity index (χ0v) is 27.6. The fourth-order valence-corrected chi connectivity index (χ4v) is 8.70. The predicted molar refractivity (Wildman–Crippen MR) is 201 cm³/mol. The number of rotatable bonds is 3. The topological polar surface area (TPSA) is 16.4 Å². The summed E-state index contributed by atoms with van der Waals surface area (Å²) in [6.45, 7) is 9.43. The monoisotopic (exact) mass is 617 g/mol. The van der Waals surface area contributed by atoms with Gasteiger partial charge in [0.05, 0.1) is 0 Å². The van der Waals surface area contributed by atoms with E-state index in [1.807, 2.05) is 6.07 Å². The van der Waals surface area contributed by atoms with Crippen molar-refractivity contribution in [2.75, 3.05) is 4.90 Å². The van der Waals surface area contributed by atoms with Gasteiger partial charge in [0.2, 0.25) is 0 Å². The van der Waals surface area contributed by atoms with Gasteiger partial charge in [-0.25, -0.2) is 0 Å². The minimum atomic E-state index is -0.0908. The van der Waals surface area contributed by atoms with E-state index < -0.39 is 0 Å². The van der Waals surface area contributed by atoms with Crippen molar-refractivity contribution in [1.82, 2.24) is 0 Å². The Hall–Kier alpha value is -5.60. The van der Waals surface area contributed by atoms with Gasteiger partial charge in [-0.05, 0) is 110 Å². The van der Waals surface area contributed by atoms with Gasteiger partial charge in [0.1, 0.15) is 11.2 Å². The molecule has 1 heterocycles. The maximum atomic E-state index is 6.24. The van der Waals surface area contributed by atoms with Gasteiger partial charge >= 0.3 is 0 Å². The molecule has 0 atom stereocenters. The fourth-order valence-electron chi connectivity index (χ4n) is 8.70. The van der Waals surface area contributed by atoms with Crippen LogP contribution in [0.2, 0.25) is 0 Å². The number of anilines is 3. The van der Waals surface area contributed by atoms with E-state index in [4.69, 9.17) is 4.42 Å². The lowest BCUT2D eigenvalue weighted by molar-refractivity contribution is 0.660. The summed E-state index contributed by atoms with van der Waals surface area (Å²) in [7, 11) is 0. The zero-order chi connectivity index (χ0) is 32.4. The van der Waals surface area contributed by atoms with Crippen LogP contribution in [0.15, 0.2) is 144 Å². The molecule has 10 rings (SSSR count). The molecule has 0 amide bonds. The Balaban J connectivity index is 1.19. The average Bonchev–Trinajstić information content (AvgIpc) is 3.66. The van der Waals surface area contributed by atoms with Crippen LogP contribution < -0.4 is 4.90 Å². The number of nitrogens with zero attached hydrogens (tertiary/aromatic N) is 1. The van der Waals surface area contributed by atoms with Crippen molar-refractivity contribution in [2.24, 2.45) is 0 Å². The van der Waals surface area contributed by atoms with Gasteiger partial charge < -0.3 is 9.32 Å². The third kappa shape index (κ3) is 3.69. The highest BCUT2D eigenvalue weighted by molar-refractivity contribution is 6.10. The number of para-hydroxylation sites is 1. The Morgan fingerprint density at radius 1 is 0.396 bits per heavy atom. The first-order chi connectivity index (χ1) is 23.3. The van der Waals surface area contributed by atoms with E-state index >= 15 is 0 Å². The highest BCUT2D eigenvalue weighted by Crippen LogP contribution is 2.53. The molecule has 230 valence electrons. The lowest BCUT2D eigenvalue weighted by Crippen LogP contribution is -2.18. The second kappa shape index (κ2) is 9.49. The molecule has 0 radical (unpaired) electrons. The van der Waals surface area contributed by atoms with Gasteiger partial charge in [0.15, 0.2) is 0 Å². The van der Waals surface area contributed by atoms with Crippen LogP contribution in [0.4, 0.5) is 17.1 Å². The van der Waals surface area contributed by atoms with Gasteiger partial charge in [0.25, 0.3) is 0 Å². The van der Waals surface area contributed by atoms with Crippen LogP contribution in [-0.4, -0.2) is 0 Å². The summed E-state index contributed by atoms with van der Waals surface area (Å²) in [5, 5.41) is 4.66. The Kier molecular flexibility index (Phi) is 5.44. The van der Waals surface area contributed by atoms with Crippen molar-refractivity contribution < 1.29 is 4.42 Å². The molecule has 0 saturated heterocycles. The lowest BCUT2D eigenvalue weighted by Gasteiger charge is -2.30. The summed E-state index contributed by atoms with van der Waals surface area (Å²) in [6, 6.07) is 51.5. The van der Waals surface area contributed by atoms with E-state index in [-0.39, 0.29) is 10.8 Å².